The molecule has 1 aromatic heterocycles. The summed E-state index contributed by atoms with van der Waals surface area (Å²) in [6.45, 7) is 0. The summed E-state index contributed by atoms with van der Waals surface area (Å²) in [5, 5.41) is 10.2. The molecular formula is C42H27NS. The molecule has 0 aliphatic carbocycles. The van der Waals surface area contributed by atoms with E-state index in [0.717, 1.165) is 11.4 Å². The summed E-state index contributed by atoms with van der Waals surface area (Å²) < 4.78 is 2.62. The minimum Gasteiger partial charge on any atom is -0.309 e. The molecule has 0 fully saturated rings. The summed E-state index contributed by atoms with van der Waals surface area (Å²) in [5.41, 5.74) is 6.02. The number of hydrogen-bond donors (Lipinski definition) is 0. The number of anilines is 3. The molecule has 0 radical (unpaired) electrons. The lowest BCUT2D eigenvalue weighted by molar-refractivity contribution is 1.31. The first kappa shape index (κ1) is 25.1. The Bertz CT molecular complexity index is 2430. The SMILES string of the molecule is c1ccc(-c2cc3c4cccc(N(c5ccc6ccccc6c5)c5ccc6ccccc6c5)c4sc3c3ccccc23)cc1. The van der Waals surface area contributed by atoms with Gasteiger partial charge in [-0.2, -0.15) is 0 Å². The van der Waals surface area contributed by atoms with Crippen molar-refractivity contribution in [1.82, 2.24) is 0 Å². The quantitative estimate of drug-likeness (QED) is 0.201. The molecule has 1 nitrogen and oxygen atoms in total. The van der Waals surface area contributed by atoms with Crippen molar-refractivity contribution in [3.05, 3.63) is 164 Å². The molecule has 9 rings (SSSR count). The van der Waals surface area contributed by atoms with Crippen LogP contribution in [0.25, 0.3) is 63.6 Å². The third-order valence-corrected chi connectivity index (χ3v) is 10.1. The van der Waals surface area contributed by atoms with E-state index in [-0.39, 0.29) is 0 Å². The van der Waals surface area contributed by atoms with E-state index in [1.807, 2.05) is 11.3 Å². The lowest BCUT2D eigenvalue weighted by atomic mass is 9.95. The van der Waals surface area contributed by atoms with Gasteiger partial charge >= 0.3 is 0 Å². The highest BCUT2D eigenvalue weighted by atomic mass is 32.1. The lowest BCUT2D eigenvalue weighted by Crippen LogP contribution is -2.10. The topological polar surface area (TPSA) is 3.24 Å². The number of benzene rings is 8. The van der Waals surface area contributed by atoms with Crippen molar-refractivity contribution < 1.29 is 0 Å². The maximum Gasteiger partial charge on any atom is 0.0640 e. The molecule has 0 aliphatic rings. The first-order chi connectivity index (χ1) is 21.8. The van der Waals surface area contributed by atoms with Gasteiger partial charge < -0.3 is 4.90 Å². The maximum absolute atomic E-state index is 2.44. The van der Waals surface area contributed by atoms with Crippen LogP contribution in [0.15, 0.2) is 164 Å². The van der Waals surface area contributed by atoms with Crippen LogP contribution in [0.5, 0.6) is 0 Å². The van der Waals surface area contributed by atoms with Gasteiger partial charge in [0, 0.05) is 32.2 Å². The van der Waals surface area contributed by atoms with Crippen LogP contribution in [-0.2, 0) is 0 Å². The molecule has 206 valence electrons. The lowest BCUT2D eigenvalue weighted by Gasteiger charge is -2.26. The van der Waals surface area contributed by atoms with Gasteiger partial charge in [-0.15, -0.1) is 11.3 Å². The normalized spacial score (nSPS) is 11.6. The van der Waals surface area contributed by atoms with Gasteiger partial charge in [-0.3, -0.25) is 0 Å². The van der Waals surface area contributed by atoms with Crippen LogP contribution in [-0.4, -0.2) is 0 Å². The van der Waals surface area contributed by atoms with Gasteiger partial charge in [-0.05, 0) is 74.5 Å². The monoisotopic (exact) mass is 577 g/mol. The van der Waals surface area contributed by atoms with Crippen molar-refractivity contribution in [1.29, 1.82) is 0 Å². The highest BCUT2D eigenvalue weighted by molar-refractivity contribution is 7.27. The molecule has 0 N–H and O–H groups in total. The molecule has 0 saturated heterocycles. The second-order valence-corrected chi connectivity index (χ2v) is 12.4. The maximum atomic E-state index is 2.44. The minimum atomic E-state index is 1.15. The average molecular weight is 578 g/mol. The van der Waals surface area contributed by atoms with Crippen LogP contribution in [0.4, 0.5) is 17.1 Å². The van der Waals surface area contributed by atoms with E-state index in [0.29, 0.717) is 0 Å². The smallest absolute Gasteiger partial charge is 0.0640 e. The van der Waals surface area contributed by atoms with Gasteiger partial charge in [0.1, 0.15) is 0 Å². The molecular weight excluding hydrogens is 551 g/mol. The molecule has 9 aromatic rings. The van der Waals surface area contributed by atoms with Gasteiger partial charge in [0.2, 0.25) is 0 Å². The number of thiophene rings is 1. The van der Waals surface area contributed by atoms with Crippen molar-refractivity contribution in [2.75, 3.05) is 4.90 Å². The molecule has 0 saturated carbocycles. The largest absolute Gasteiger partial charge is 0.309 e. The van der Waals surface area contributed by atoms with E-state index >= 15 is 0 Å². The van der Waals surface area contributed by atoms with E-state index in [1.54, 1.807) is 0 Å². The molecule has 2 heteroatoms. The molecule has 0 spiro atoms. The van der Waals surface area contributed by atoms with Crippen LogP contribution < -0.4 is 4.90 Å². The van der Waals surface area contributed by atoms with E-state index in [9.17, 15) is 0 Å². The second kappa shape index (κ2) is 10.1. The molecule has 0 bridgehead atoms. The number of nitrogens with zero attached hydrogens (tertiary/aromatic N) is 1. The summed E-state index contributed by atoms with van der Waals surface area (Å²) in [4.78, 5) is 2.44. The first-order valence-electron chi connectivity index (χ1n) is 15.0. The molecule has 0 unspecified atom stereocenters. The average Bonchev–Trinajstić information content (AvgIpc) is 3.48. The molecule has 0 aliphatic heterocycles. The zero-order valence-electron chi connectivity index (χ0n) is 23.9. The third kappa shape index (κ3) is 4.00. The Labute approximate surface area is 259 Å². The van der Waals surface area contributed by atoms with Crippen molar-refractivity contribution in [3.8, 4) is 11.1 Å². The van der Waals surface area contributed by atoms with Crippen LogP contribution in [0.3, 0.4) is 0 Å². The third-order valence-electron chi connectivity index (χ3n) is 8.79. The summed E-state index contributed by atoms with van der Waals surface area (Å²) >= 11 is 1.90. The predicted octanol–water partition coefficient (Wildman–Crippen LogP) is 12.7. The standard InChI is InChI=1S/C42H27NS/c1-2-13-30(14-3-1)38-27-39-37-19-10-20-40(42(37)44-41(39)36-18-9-8-17-35(36)38)43(33-23-21-28-11-4-6-15-31(28)25-33)34-24-22-29-12-5-7-16-32(29)26-34/h1-27H. The van der Waals surface area contributed by atoms with Crippen molar-refractivity contribution in [3.63, 3.8) is 0 Å². The first-order valence-corrected chi connectivity index (χ1v) is 15.8. The number of hydrogen-bond acceptors (Lipinski definition) is 2. The number of fused-ring (bicyclic) bond motifs is 7. The Morgan fingerprint density at radius 2 is 0.909 bits per heavy atom. The predicted molar refractivity (Wildman–Crippen MR) is 192 cm³/mol. The fourth-order valence-corrected chi connectivity index (χ4v) is 8.02. The zero-order valence-corrected chi connectivity index (χ0v) is 24.8. The van der Waals surface area contributed by atoms with Gasteiger partial charge in [0.15, 0.2) is 0 Å². The highest BCUT2D eigenvalue weighted by Crippen LogP contribution is 2.48. The summed E-state index contributed by atoms with van der Waals surface area (Å²) in [7, 11) is 0. The Hall–Kier alpha value is -5.44. The molecule has 44 heavy (non-hydrogen) atoms. The van der Waals surface area contributed by atoms with E-state index < -0.39 is 0 Å². The Kier molecular flexibility index (Phi) is 5.75. The summed E-state index contributed by atoms with van der Waals surface area (Å²) in [6.07, 6.45) is 0. The number of rotatable bonds is 4. The van der Waals surface area contributed by atoms with Gasteiger partial charge in [-0.1, -0.05) is 127 Å². The van der Waals surface area contributed by atoms with Crippen molar-refractivity contribution in [2.24, 2.45) is 0 Å². The summed E-state index contributed by atoms with van der Waals surface area (Å²) in [6, 6.07) is 59.7. The van der Waals surface area contributed by atoms with E-state index in [1.165, 1.54) is 69.3 Å². The van der Waals surface area contributed by atoms with Gasteiger partial charge in [0.25, 0.3) is 0 Å². The van der Waals surface area contributed by atoms with E-state index in [4.69, 9.17) is 0 Å². The Morgan fingerprint density at radius 3 is 1.59 bits per heavy atom. The summed E-state index contributed by atoms with van der Waals surface area (Å²) in [5.74, 6) is 0. The fraction of sp³-hybridized carbons (Fsp3) is 0. The zero-order chi connectivity index (χ0) is 29.0. The fourth-order valence-electron chi connectivity index (χ4n) is 6.70. The van der Waals surface area contributed by atoms with E-state index in [2.05, 4.69) is 169 Å². The molecule has 1 heterocycles. The van der Waals surface area contributed by atoms with Crippen molar-refractivity contribution in [2.45, 2.75) is 0 Å². The second-order valence-electron chi connectivity index (χ2n) is 11.4. The Morgan fingerprint density at radius 1 is 0.364 bits per heavy atom. The van der Waals surface area contributed by atoms with Crippen LogP contribution in [0.2, 0.25) is 0 Å². The van der Waals surface area contributed by atoms with Crippen molar-refractivity contribution >= 4 is 80.9 Å². The molecule has 0 amide bonds. The van der Waals surface area contributed by atoms with Crippen LogP contribution in [0.1, 0.15) is 0 Å². The van der Waals surface area contributed by atoms with Crippen LogP contribution >= 0.6 is 11.3 Å². The van der Waals surface area contributed by atoms with Crippen LogP contribution in [0, 0.1) is 0 Å². The minimum absolute atomic E-state index is 1.15. The van der Waals surface area contributed by atoms with Gasteiger partial charge in [0.05, 0.1) is 10.4 Å². The molecule has 0 atom stereocenters. The highest BCUT2D eigenvalue weighted by Gasteiger charge is 2.20. The Balaban J connectivity index is 1.35. The molecule has 8 aromatic carbocycles. The van der Waals surface area contributed by atoms with Gasteiger partial charge in [-0.25, -0.2) is 0 Å².